The van der Waals surface area contributed by atoms with Crippen LogP contribution in [0.1, 0.15) is 43.7 Å². The quantitative estimate of drug-likeness (QED) is 0.630. The van der Waals surface area contributed by atoms with Crippen LogP contribution in [-0.2, 0) is 16.6 Å². The van der Waals surface area contributed by atoms with Gasteiger partial charge in [-0.25, -0.2) is 4.79 Å². The highest BCUT2D eigenvalue weighted by atomic mass is 16.3. The van der Waals surface area contributed by atoms with Gasteiger partial charge in [0, 0.05) is 18.0 Å². The van der Waals surface area contributed by atoms with Crippen molar-refractivity contribution in [3.8, 4) is 5.75 Å². The smallest absolute Gasteiger partial charge is 0.325 e. The number of benzene rings is 1. The Balaban J connectivity index is 1.73. The SMILES string of the molecule is CCN1C(=O)NC(=O)[C@@]12CC[C@@]1(O)[C@H]3Cc4ccc(O)cc4[C@@]1(CCN3C)C2. The van der Waals surface area contributed by atoms with E-state index in [1.165, 1.54) is 0 Å². The van der Waals surface area contributed by atoms with Crippen LogP contribution in [-0.4, -0.2) is 69.3 Å². The molecule has 0 aromatic heterocycles. The second-order valence-corrected chi connectivity index (χ2v) is 9.01. The van der Waals surface area contributed by atoms with Gasteiger partial charge in [-0.1, -0.05) is 6.07 Å². The Morgan fingerprint density at radius 3 is 2.79 bits per heavy atom. The van der Waals surface area contributed by atoms with Crippen molar-refractivity contribution in [2.45, 2.75) is 61.6 Å². The third kappa shape index (κ3) is 1.91. The number of urea groups is 1. The van der Waals surface area contributed by atoms with E-state index in [2.05, 4.69) is 10.2 Å². The summed E-state index contributed by atoms with van der Waals surface area (Å²) in [5.74, 6) is -0.0784. The van der Waals surface area contributed by atoms with Gasteiger partial charge in [0.2, 0.25) is 0 Å². The number of imide groups is 1. The number of hydrogen-bond donors (Lipinski definition) is 3. The first-order chi connectivity index (χ1) is 13.3. The van der Waals surface area contributed by atoms with Crippen molar-refractivity contribution in [1.82, 2.24) is 15.1 Å². The van der Waals surface area contributed by atoms with Crippen molar-refractivity contribution in [3.05, 3.63) is 29.3 Å². The minimum atomic E-state index is -0.989. The number of rotatable bonds is 1. The number of nitrogens with one attached hydrogen (secondary N) is 1. The van der Waals surface area contributed by atoms with Crippen molar-refractivity contribution >= 4 is 11.9 Å². The van der Waals surface area contributed by atoms with E-state index in [1.54, 1.807) is 17.0 Å². The van der Waals surface area contributed by atoms with Crippen molar-refractivity contribution in [1.29, 1.82) is 0 Å². The number of hydrogen-bond acceptors (Lipinski definition) is 5. The number of piperidine rings is 1. The van der Waals surface area contributed by atoms with Gasteiger partial charge in [0.15, 0.2) is 0 Å². The summed E-state index contributed by atoms with van der Waals surface area (Å²) in [6.07, 6.45) is 2.71. The molecule has 3 fully saturated rings. The Kier molecular flexibility index (Phi) is 3.51. The molecule has 7 heteroatoms. The highest BCUT2D eigenvalue weighted by Crippen LogP contribution is 2.61. The van der Waals surface area contributed by atoms with Gasteiger partial charge in [-0.15, -0.1) is 0 Å². The maximum absolute atomic E-state index is 13.0. The molecule has 2 bridgehead atoms. The van der Waals surface area contributed by atoms with Gasteiger partial charge in [0.05, 0.1) is 5.60 Å². The van der Waals surface area contributed by atoms with E-state index in [0.29, 0.717) is 32.2 Å². The molecular formula is C21H27N3O4. The molecule has 5 rings (SSSR count). The minimum Gasteiger partial charge on any atom is -0.508 e. The molecule has 7 nitrogen and oxygen atoms in total. The summed E-state index contributed by atoms with van der Waals surface area (Å²) in [4.78, 5) is 29.3. The van der Waals surface area contributed by atoms with Crippen molar-refractivity contribution < 1.29 is 19.8 Å². The van der Waals surface area contributed by atoms with Gasteiger partial charge in [-0.05, 0) is 75.9 Å². The number of aromatic hydroxyl groups is 1. The maximum Gasteiger partial charge on any atom is 0.325 e. The Hall–Kier alpha value is -2.12. The molecule has 1 saturated carbocycles. The number of fused-ring (bicyclic) bond motifs is 1. The summed E-state index contributed by atoms with van der Waals surface area (Å²) in [6.45, 7) is 3.14. The number of likely N-dealkylation sites (N-methyl/N-ethyl adjacent to an activating group) is 2. The van der Waals surface area contributed by atoms with Crippen molar-refractivity contribution in [2.24, 2.45) is 0 Å². The van der Waals surface area contributed by atoms with Gasteiger partial charge < -0.3 is 20.0 Å². The van der Waals surface area contributed by atoms with Crippen LogP contribution in [0, 0.1) is 0 Å². The molecule has 1 aromatic rings. The summed E-state index contributed by atoms with van der Waals surface area (Å²) < 4.78 is 0. The van der Waals surface area contributed by atoms with Crippen LogP contribution in [0.5, 0.6) is 5.75 Å². The predicted molar refractivity (Wildman–Crippen MR) is 102 cm³/mol. The molecule has 4 atom stereocenters. The number of carbonyl (C=O) groups is 2. The van der Waals surface area contributed by atoms with Crippen LogP contribution in [0.15, 0.2) is 18.2 Å². The average molecular weight is 385 g/mol. The van der Waals surface area contributed by atoms with E-state index in [1.807, 2.05) is 20.0 Å². The fraction of sp³-hybridized carbons (Fsp3) is 0.619. The maximum atomic E-state index is 13.0. The van der Waals surface area contributed by atoms with Crippen LogP contribution in [0.25, 0.3) is 0 Å². The third-order valence-corrected chi connectivity index (χ3v) is 8.06. The minimum absolute atomic E-state index is 0.0362. The highest BCUT2D eigenvalue weighted by Gasteiger charge is 2.70. The number of amides is 3. The van der Waals surface area contributed by atoms with Crippen LogP contribution in [0.2, 0.25) is 0 Å². The molecule has 28 heavy (non-hydrogen) atoms. The lowest BCUT2D eigenvalue weighted by Crippen LogP contribution is -2.76. The lowest BCUT2D eigenvalue weighted by Gasteiger charge is -2.66. The number of phenols is 1. The summed E-state index contributed by atoms with van der Waals surface area (Å²) in [6, 6.07) is 5.03. The standard InChI is InChI=1S/C21H27N3O4/c1-3-24-18(27)22-17(26)20(24)6-7-21(28)16-10-13-4-5-14(25)11-15(13)19(21,12-20)8-9-23(16)2/h4-5,11,16,25,28H,3,6-10,12H2,1-2H3,(H,22,26,27)/t16-,19-,20+,21-/m1/s1. The molecule has 1 spiro atoms. The van der Waals surface area contributed by atoms with Crippen molar-refractivity contribution in [2.75, 3.05) is 20.1 Å². The summed E-state index contributed by atoms with van der Waals surface area (Å²) in [5, 5.41) is 24.8. The Labute approximate surface area is 164 Å². The van der Waals surface area contributed by atoms with Gasteiger partial charge in [0.1, 0.15) is 11.3 Å². The first-order valence-electron chi connectivity index (χ1n) is 10.2. The molecule has 150 valence electrons. The lowest BCUT2D eigenvalue weighted by molar-refractivity contribution is -0.183. The second-order valence-electron chi connectivity index (χ2n) is 9.01. The molecular weight excluding hydrogens is 358 g/mol. The van der Waals surface area contributed by atoms with Crippen LogP contribution in [0.3, 0.4) is 0 Å². The fourth-order valence-corrected chi connectivity index (χ4v) is 6.71. The Bertz CT molecular complexity index is 888. The molecule has 1 aromatic carbocycles. The average Bonchev–Trinajstić information content (AvgIpc) is 2.88. The summed E-state index contributed by atoms with van der Waals surface area (Å²) >= 11 is 0. The lowest BCUT2D eigenvalue weighted by atomic mass is 9.46. The number of aliphatic hydroxyl groups is 1. The van der Waals surface area contributed by atoms with Crippen LogP contribution >= 0.6 is 0 Å². The topological polar surface area (TPSA) is 93.1 Å². The molecule has 3 N–H and O–H groups in total. The molecule has 0 radical (unpaired) electrons. The largest absolute Gasteiger partial charge is 0.508 e. The number of phenolic OH excluding ortho intramolecular Hbond substituents is 1. The van der Waals surface area contributed by atoms with Gasteiger partial charge in [-0.3, -0.25) is 10.1 Å². The van der Waals surface area contributed by atoms with E-state index in [4.69, 9.17) is 0 Å². The zero-order valence-corrected chi connectivity index (χ0v) is 16.4. The fourth-order valence-electron chi connectivity index (χ4n) is 6.71. The summed E-state index contributed by atoms with van der Waals surface area (Å²) in [5.41, 5.74) is -0.523. The Morgan fingerprint density at radius 1 is 1.25 bits per heavy atom. The van der Waals surface area contributed by atoms with Crippen molar-refractivity contribution in [3.63, 3.8) is 0 Å². The molecule has 2 aliphatic heterocycles. The van der Waals surface area contributed by atoms with E-state index >= 15 is 0 Å². The molecule has 3 amide bonds. The van der Waals surface area contributed by atoms with E-state index in [9.17, 15) is 19.8 Å². The Morgan fingerprint density at radius 2 is 2.04 bits per heavy atom. The van der Waals surface area contributed by atoms with Crippen LogP contribution in [0.4, 0.5) is 4.79 Å². The third-order valence-electron chi connectivity index (χ3n) is 8.06. The van der Waals surface area contributed by atoms with Gasteiger partial charge >= 0.3 is 6.03 Å². The number of likely N-dealkylation sites (tertiary alicyclic amines) is 1. The normalized spacial score (nSPS) is 39.7. The first-order valence-corrected chi connectivity index (χ1v) is 10.2. The second kappa shape index (κ2) is 5.48. The molecule has 4 aliphatic rings. The summed E-state index contributed by atoms with van der Waals surface area (Å²) in [7, 11) is 2.05. The molecule has 0 unspecified atom stereocenters. The zero-order valence-electron chi connectivity index (χ0n) is 16.4. The van der Waals surface area contributed by atoms with E-state index in [0.717, 1.165) is 24.1 Å². The molecule has 2 heterocycles. The number of carbonyl (C=O) groups excluding carboxylic acids is 2. The van der Waals surface area contributed by atoms with E-state index in [-0.39, 0.29) is 23.7 Å². The molecule has 2 saturated heterocycles. The van der Waals surface area contributed by atoms with Gasteiger partial charge in [-0.2, -0.15) is 0 Å². The monoisotopic (exact) mass is 385 g/mol. The highest BCUT2D eigenvalue weighted by molar-refractivity contribution is 6.07. The first kappa shape index (κ1) is 17.9. The zero-order chi connectivity index (χ0) is 19.9. The number of nitrogens with zero attached hydrogens (tertiary/aromatic N) is 2. The molecule has 2 aliphatic carbocycles. The van der Waals surface area contributed by atoms with Crippen LogP contribution < -0.4 is 5.32 Å². The van der Waals surface area contributed by atoms with E-state index < -0.39 is 16.6 Å². The van der Waals surface area contributed by atoms with Gasteiger partial charge in [0.25, 0.3) is 5.91 Å². The predicted octanol–water partition coefficient (Wildman–Crippen LogP) is 1.12.